The molecule has 0 unspecified atom stereocenters. The Morgan fingerprint density at radius 2 is 1.92 bits per heavy atom. The second-order valence-electron chi connectivity index (χ2n) is 6.84. The highest BCUT2D eigenvalue weighted by Crippen LogP contribution is 2.24. The van der Waals surface area contributed by atoms with Crippen molar-refractivity contribution < 1.29 is 14.5 Å². The second kappa shape index (κ2) is 9.06. The van der Waals surface area contributed by atoms with E-state index in [1.54, 1.807) is 0 Å². The van der Waals surface area contributed by atoms with Crippen LogP contribution < -0.4 is 20.4 Å². The lowest BCUT2D eigenvalue weighted by Crippen LogP contribution is -3.16. The van der Waals surface area contributed by atoms with Crippen LogP contribution in [0, 0.1) is 6.92 Å². The quantitative estimate of drug-likeness (QED) is 0.663. The summed E-state index contributed by atoms with van der Waals surface area (Å²) < 4.78 is 0. The van der Waals surface area contributed by atoms with Gasteiger partial charge in [0.2, 0.25) is 5.91 Å². The van der Waals surface area contributed by atoms with E-state index in [-0.39, 0.29) is 24.4 Å². The lowest BCUT2D eigenvalue weighted by molar-refractivity contribution is -0.892. The molecular weight excluding hydrogens is 340 g/mol. The Labute approximate surface area is 154 Å². The van der Waals surface area contributed by atoms with Crippen molar-refractivity contribution in [2.75, 3.05) is 44.2 Å². The number of hydrogen-bond donors (Lipinski definition) is 3. The topological polar surface area (TPSA) is 65.9 Å². The Kier molecular flexibility index (Phi) is 7.08. The number of nitrogens with zero attached hydrogens (tertiary/aromatic N) is 1. The van der Waals surface area contributed by atoms with Gasteiger partial charge in [-0.3, -0.25) is 9.59 Å². The van der Waals surface area contributed by atoms with Crippen LogP contribution in [0.5, 0.6) is 0 Å². The monoisotopic (exact) mass is 367 g/mol. The standard InChI is InChI=1S/C18H27ClN4O2/c1-13(2)21-17(24)11-20-18(25)12-22-6-8-23(9-7-22)16-10-15(19)5-4-14(16)3/h4-5,10,13H,6-9,11-12H2,1-3H3,(H,20,25)(H,21,24)/p+1. The molecule has 0 spiro atoms. The zero-order valence-electron chi connectivity index (χ0n) is 15.2. The molecule has 0 aromatic heterocycles. The van der Waals surface area contributed by atoms with Crippen molar-refractivity contribution in [2.45, 2.75) is 26.8 Å². The molecule has 25 heavy (non-hydrogen) atoms. The maximum absolute atomic E-state index is 12.0. The molecule has 1 aliphatic rings. The minimum absolute atomic E-state index is 0.0398. The van der Waals surface area contributed by atoms with Crippen LogP contribution in [0.2, 0.25) is 5.02 Å². The summed E-state index contributed by atoms with van der Waals surface area (Å²) in [5.74, 6) is -0.235. The third-order valence-corrected chi connectivity index (χ3v) is 4.52. The summed E-state index contributed by atoms with van der Waals surface area (Å²) in [5.41, 5.74) is 2.38. The minimum atomic E-state index is -0.153. The van der Waals surface area contributed by atoms with Gasteiger partial charge in [-0.1, -0.05) is 17.7 Å². The fourth-order valence-electron chi connectivity index (χ4n) is 3.01. The molecule has 2 rings (SSSR count). The largest absolute Gasteiger partial charge is 0.360 e. The number of carbonyl (C=O) groups excluding carboxylic acids is 2. The van der Waals surface area contributed by atoms with Crippen LogP contribution in [-0.4, -0.2) is 57.1 Å². The Balaban J connectivity index is 1.75. The van der Waals surface area contributed by atoms with Crippen LogP contribution in [0.4, 0.5) is 5.69 Å². The highest BCUT2D eigenvalue weighted by Gasteiger charge is 2.23. The molecule has 7 heteroatoms. The van der Waals surface area contributed by atoms with Crippen LogP contribution in [0.25, 0.3) is 0 Å². The SMILES string of the molecule is Cc1ccc(Cl)cc1N1CC[NH+](CC(=O)NCC(=O)NC(C)C)CC1. The Bertz CT molecular complexity index is 613. The zero-order chi connectivity index (χ0) is 18.4. The molecule has 1 aliphatic heterocycles. The third kappa shape index (κ3) is 6.21. The maximum atomic E-state index is 12.0. The summed E-state index contributed by atoms with van der Waals surface area (Å²) in [6, 6.07) is 6.02. The molecule has 1 fully saturated rings. The molecule has 0 aliphatic carbocycles. The van der Waals surface area contributed by atoms with Gasteiger partial charge in [-0.15, -0.1) is 0 Å². The predicted octanol–water partition coefficient (Wildman–Crippen LogP) is -0.00588. The summed E-state index contributed by atoms with van der Waals surface area (Å²) in [4.78, 5) is 27.1. The first kappa shape index (κ1) is 19.5. The first-order valence-electron chi connectivity index (χ1n) is 8.76. The average Bonchev–Trinajstić information content (AvgIpc) is 2.55. The molecule has 0 atom stereocenters. The van der Waals surface area contributed by atoms with Crippen LogP contribution in [0.3, 0.4) is 0 Å². The van der Waals surface area contributed by atoms with Crippen molar-refractivity contribution in [2.24, 2.45) is 0 Å². The Morgan fingerprint density at radius 3 is 2.56 bits per heavy atom. The van der Waals surface area contributed by atoms with Gasteiger partial charge in [0, 0.05) is 16.8 Å². The summed E-state index contributed by atoms with van der Waals surface area (Å²) in [6.07, 6.45) is 0. The number of benzene rings is 1. The first-order chi connectivity index (χ1) is 11.8. The molecule has 3 N–H and O–H groups in total. The minimum Gasteiger partial charge on any atom is -0.360 e. The van der Waals surface area contributed by atoms with Gasteiger partial charge in [-0.25, -0.2) is 0 Å². The molecular formula is C18H28ClN4O2+. The van der Waals surface area contributed by atoms with Gasteiger partial charge in [0.05, 0.1) is 32.7 Å². The number of piperazine rings is 1. The van der Waals surface area contributed by atoms with Gasteiger partial charge in [-0.05, 0) is 38.5 Å². The molecule has 6 nitrogen and oxygen atoms in total. The molecule has 1 aromatic rings. The number of hydrogen-bond acceptors (Lipinski definition) is 3. The van der Waals surface area contributed by atoms with Gasteiger partial charge >= 0.3 is 0 Å². The second-order valence-corrected chi connectivity index (χ2v) is 7.28. The van der Waals surface area contributed by atoms with E-state index in [4.69, 9.17) is 11.6 Å². The van der Waals surface area contributed by atoms with Crippen LogP contribution in [0.15, 0.2) is 18.2 Å². The van der Waals surface area contributed by atoms with Crippen molar-refractivity contribution in [3.63, 3.8) is 0 Å². The number of nitrogens with one attached hydrogen (secondary N) is 3. The molecule has 1 aromatic carbocycles. The van der Waals surface area contributed by atoms with Gasteiger partial charge in [-0.2, -0.15) is 0 Å². The fourth-order valence-corrected chi connectivity index (χ4v) is 3.17. The first-order valence-corrected chi connectivity index (χ1v) is 9.13. The van der Waals surface area contributed by atoms with Gasteiger partial charge < -0.3 is 20.4 Å². The zero-order valence-corrected chi connectivity index (χ0v) is 15.9. The fraction of sp³-hybridized carbons (Fsp3) is 0.556. The molecule has 1 heterocycles. The molecule has 2 amide bonds. The summed E-state index contributed by atoms with van der Waals surface area (Å²) >= 11 is 6.11. The van der Waals surface area contributed by atoms with Crippen molar-refractivity contribution in [3.05, 3.63) is 28.8 Å². The number of amides is 2. The van der Waals surface area contributed by atoms with Gasteiger partial charge in [0.15, 0.2) is 6.54 Å². The van der Waals surface area contributed by atoms with Gasteiger partial charge in [0.25, 0.3) is 5.91 Å². The normalized spacial score (nSPS) is 15.3. The number of anilines is 1. The highest BCUT2D eigenvalue weighted by molar-refractivity contribution is 6.30. The van der Waals surface area contributed by atoms with Crippen molar-refractivity contribution >= 4 is 29.1 Å². The summed E-state index contributed by atoms with van der Waals surface area (Å²) in [5, 5.41) is 6.19. The van der Waals surface area contributed by atoms with E-state index in [0.717, 1.165) is 31.2 Å². The number of quaternary nitrogens is 1. The van der Waals surface area contributed by atoms with E-state index in [2.05, 4.69) is 22.5 Å². The van der Waals surface area contributed by atoms with Gasteiger partial charge in [0.1, 0.15) is 0 Å². The summed E-state index contributed by atoms with van der Waals surface area (Å²) in [6.45, 7) is 9.86. The lowest BCUT2D eigenvalue weighted by atomic mass is 10.1. The lowest BCUT2D eigenvalue weighted by Gasteiger charge is -2.34. The molecule has 1 saturated heterocycles. The van der Waals surface area contributed by atoms with Crippen LogP contribution in [-0.2, 0) is 9.59 Å². The molecule has 0 bridgehead atoms. The smallest absolute Gasteiger partial charge is 0.275 e. The average molecular weight is 368 g/mol. The molecule has 0 saturated carbocycles. The number of aryl methyl sites for hydroxylation is 1. The van der Waals surface area contributed by atoms with E-state index in [9.17, 15) is 9.59 Å². The maximum Gasteiger partial charge on any atom is 0.275 e. The molecule has 138 valence electrons. The highest BCUT2D eigenvalue weighted by atomic mass is 35.5. The van der Waals surface area contributed by atoms with Crippen LogP contribution in [0.1, 0.15) is 19.4 Å². The van der Waals surface area contributed by atoms with E-state index in [0.29, 0.717) is 6.54 Å². The molecule has 0 radical (unpaired) electrons. The van der Waals surface area contributed by atoms with Crippen LogP contribution >= 0.6 is 11.6 Å². The van der Waals surface area contributed by atoms with Crippen molar-refractivity contribution in [1.82, 2.24) is 10.6 Å². The summed E-state index contributed by atoms with van der Waals surface area (Å²) in [7, 11) is 0. The Morgan fingerprint density at radius 1 is 1.24 bits per heavy atom. The van der Waals surface area contributed by atoms with E-state index < -0.39 is 0 Å². The van der Waals surface area contributed by atoms with Crippen molar-refractivity contribution in [3.8, 4) is 0 Å². The number of halogens is 1. The number of carbonyl (C=O) groups is 2. The predicted molar refractivity (Wildman–Crippen MR) is 100 cm³/mol. The number of rotatable bonds is 6. The van der Waals surface area contributed by atoms with Crippen molar-refractivity contribution in [1.29, 1.82) is 0 Å². The van der Waals surface area contributed by atoms with E-state index in [1.807, 2.05) is 32.0 Å². The third-order valence-electron chi connectivity index (χ3n) is 4.29. The Hall–Kier alpha value is -1.79. The van der Waals surface area contributed by atoms with E-state index in [1.165, 1.54) is 16.2 Å². The van der Waals surface area contributed by atoms with E-state index >= 15 is 0 Å².